The second-order valence-corrected chi connectivity index (χ2v) is 6.69. The fourth-order valence-corrected chi connectivity index (χ4v) is 3.46. The fraction of sp³-hybridized carbons (Fsp3) is 0.286. The Hall–Kier alpha value is -3.15. The van der Waals surface area contributed by atoms with Crippen LogP contribution in [0.2, 0.25) is 0 Å². The van der Waals surface area contributed by atoms with Crippen LogP contribution in [0.1, 0.15) is 27.5 Å². The molecule has 0 radical (unpaired) electrons. The van der Waals surface area contributed by atoms with Crippen molar-refractivity contribution in [2.45, 2.75) is 20.4 Å². The highest BCUT2D eigenvalue weighted by Gasteiger charge is 2.21. The largest absolute Gasteiger partial charge is 0.486 e. The zero-order valence-corrected chi connectivity index (χ0v) is 15.7. The Bertz CT molecular complexity index is 972. The number of hydrogen-bond acceptors (Lipinski definition) is 4. The minimum absolute atomic E-state index is 0.0386. The maximum Gasteiger partial charge on any atom is 0.255 e. The van der Waals surface area contributed by atoms with Crippen LogP contribution in [0, 0.1) is 13.8 Å². The van der Waals surface area contributed by atoms with Crippen LogP contribution in [-0.2, 0) is 6.54 Å². The number of nitrogens with zero attached hydrogens (tertiary/aromatic N) is 2. The molecule has 1 aliphatic heterocycles. The standard InChI is InChI=1S/C21H22N2O4/c1-14-11-18(21(24)22(3)13-17-5-4-8-25-17)15(2)23(14)16-6-7-19-20(12-16)27-10-9-26-19/h4-8,11-12H,9-10,13H2,1-3H3. The summed E-state index contributed by atoms with van der Waals surface area (Å²) >= 11 is 0. The maximum absolute atomic E-state index is 12.9. The first-order valence-corrected chi connectivity index (χ1v) is 8.91. The highest BCUT2D eigenvalue weighted by molar-refractivity contribution is 5.95. The second-order valence-electron chi connectivity index (χ2n) is 6.69. The van der Waals surface area contributed by atoms with Gasteiger partial charge >= 0.3 is 0 Å². The van der Waals surface area contributed by atoms with E-state index in [4.69, 9.17) is 13.9 Å². The predicted octanol–water partition coefficient (Wildman–Crippen LogP) is 3.73. The lowest BCUT2D eigenvalue weighted by atomic mass is 10.2. The van der Waals surface area contributed by atoms with E-state index in [0.29, 0.717) is 25.3 Å². The van der Waals surface area contributed by atoms with E-state index in [-0.39, 0.29) is 5.91 Å². The maximum atomic E-state index is 12.9. The van der Waals surface area contributed by atoms with Crippen molar-refractivity contribution >= 4 is 5.91 Å². The first kappa shape index (κ1) is 17.3. The molecule has 3 aromatic rings. The summed E-state index contributed by atoms with van der Waals surface area (Å²) in [5.41, 5.74) is 3.50. The van der Waals surface area contributed by atoms with E-state index >= 15 is 0 Å². The van der Waals surface area contributed by atoms with E-state index in [0.717, 1.165) is 34.3 Å². The van der Waals surface area contributed by atoms with Crippen LogP contribution in [0.3, 0.4) is 0 Å². The van der Waals surface area contributed by atoms with Gasteiger partial charge < -0.3 is 23.4 Å². The highest BCUT2D eigenvalue weighted by Crippen LogP contribution is 2.33. The molecule has 1 aromatic carbocycles. The van der Waals surface area contributed by atoms with Crippen molar-refractivity contribution in [3.8, 4) is 17.2 Å². The molecule has 4 rings (SSSR count). The van der Waals surface area contributed by atoms with Gasteiger partial charge in [0.05, 0.1) is 18.4 Å². The van der Waals surface area contributed by atoms with Crippen LogP contribution in [-0.4, -0.2) is 35.6 Å². The number of fused-ring (bicyclic) bond motifs is 1. The van der Waals surface area contributed by atoms with E-state index in [2.05, 4.69) is 4.57 Å². The average Bonchev–Trinajstić information content (AvgIpc) is 3.28. The number of aromatic nitrogens is 1. The molecule has 0 bridgehead atoms. The molecule has 0 spiro atoms. The average molecular weight is 366 g/mol. The molecule has 0 aliphatic carbocycles. The van der Waals surface area contributed by atoms with Crippen LogP contribution >= 0.6 is 0 Å². The topological polar surface area (TPSA) is 56.8 Å². The van der Waals surface area contributed by atoms with Gasteiger partial charge in [0.1, 0.15) is 19.0 Å². The Morgan fingerprint density at radius 1 is 1.11 bits per heavy atom. The summed E-state index contributed by atoms with van der Waals surface area (Å²) in [5, 5.41) is 0. The van der Waals surface area contributed by atoms with Gasteiger partial charge in [-0.25, -0.2) is 0 Å². The number of benzene rings is 1. The van der Waals surface area contributed by atoms with Gasteiger partial charge in [-0.1, -0.05) is 0 Å². The summed E-state index contributed by atoms with van der Waals surface area (Å²) in [6, 6.07) is 11.5. The quantitative estimate of drug-likeness (QED) is 0.706. The highest BCUT2D eigenvalue weighted by atomic mass is 16.6. The molecule has 0 saturated carbocycles. The molecule has 0 unspecified atom stereocenters. The van der Waals surface area contributed by atoms with Gasteiger partial charge in [-0.15, -0.1) is 0 Å². The molecular weight excluding hydrogens is 344 g/mol. The first-order valence-electron chi connectivity index (χ1n) is 8.91. The van der Waals surface area contributed by atoms with Gasteiger partial charge in [-0.2, -0.15) is 0 Å². The number of carbonyl (C=O) groups is 1. The minimum atomic E-state index is -0.0386. The molecule has 27 heavy (non-hydrogen) atoms. The second kappa shape index (κ2) is 6.87. The summed E-state index contributed by atoms with van der Waals surface area (Å²) in [4.78, 5) is 14.6. The van der Waals surface area contributed by atoms with E-state index in [1.165, 1.54) is 0 Å². The molecule has 6 heteroatoms. The first-order chi connectivity index (χ1) is 13.0. The lowest BCUT2D eigenvalue weighted by molar-refractivity contribution is 0.0775. The third-order valence-corrected chi connectivity index (χ3v) is 4.77. The van der Waals surface area contributed by atoms with Crippen LogP contribution in [0.25, 0.3) is 5.69 Å². The zero-order chi connectivity index (χ0) is 19.0. The number of carbonyl (C=O) groups excluding carboxylic acids is 1. The van der Waals surface area contributed by atoms with Crippen molar-refractivity contribution in [1.82, 2.24) is 9.47 Å². The van der Waals surface area contributed by atoms with Crippen molar-refractivity contribution in [2.75, 3.05) is 20.3 Å². The van der Waals surface area contributed by atoms with Gasteiger partial charge in [0.2, 0.25) is 0 Å². The van der Waals surface area contributed by atoms with Crippen LogP contribution in [0.4, 0.5) is 0 Å². The van der Waals surface area contributed by atoms with E-state index in [1.807, 2.05) is 50.2 Å². The van der Waals surface area contributed by atoms with Gasteiger partial charge in [-0.3, -0.25) is 4.79 Å². The summed E-state index contributed by atoms with van der Waals surface area (Å²) in [6.45, 7) is 5.49. The van der Waals surface area contributed by atoms with Gasteiger partial charge in [0.25, 0.3) is 5.91 Å². The van der Waals surface area contributed by atoms with Crippen molar-refractivity contribution in [2.24, 2.45) is 0 Å². The normalized spacial score (nSPS) is 12.9. The number of furan rings is 1. The predicted molar refractivity (Wildman–Crippen MR) is 101 cm³/mol. The third-order valence-electron chi connectivity index (χ3n) is 4.77. The van der Waals surface area contributed by atoms with Gasteiger partial charge in [0, 0.05) is 30.2 Å². The molecule has 6 nitrogen and oxygen atoms in total. The molecular formula is C21H22N2O4. The van der Waals surface area contributed by atoms with Crippen molar-refractivity contribution < 1.29 is 18.7 Å². The molecule has 140 valence electrons. The molecule has 1 amide bonds. The zero-order valence-electron chi connectivity index (χ0n) is 15.7. The minimum Gasteiger partial charge on any atom is -0.486 e. The lowest BCUT2D eigenvalue weighted by Crippen LogP contribution is -2.26. The fourth-order valence-electron chi connectivity index (χ4n) is 3.46. The van der Waals surface area contributed by atoms with Crippen LogP contribution in [0.5, 0.6) is 11.5 Å². The molecule has 0 N–H and O–H groups in total. The number of hydrogen-bond donors (Lipinski definition) is 0. The molecule has 0 fully saturated rings. The Labute approximate surface area is 157 Å². The SMILES string of the molecule is Cc1cc(C(=O)N(C)Cc2ccco2)c(C)n1-c1ccc2c(c1)OCCO2. The Morgan fingerprint density at radius 2 is 1.89 bits per heavy atom. The molecule has 1 aliphatic rings. The summed E-state index contributed by atoms with van der Waals surface area (Å²) in [7, 11) is 1.78. The third kappa shape index (κ3) is 3.18. The van der Waals surface area contributed by atoms with Gasteiger partial charge in [0.15, 0.2) is 11.5 Å². The van der Waals surface area contributed by atoms with Crippen molar-refractivity contribution in [3.63, 3.8) is 0 Å². The lowest BCUT2D eigenvalue weighted by Gasteiger charge is -2.20. The summed E-state index contributed by atoms with van der Waals surface area (Å²) in [6.07, 6.45) is 1.61. The van der Waals surface area contributed by atoms with E-state index < -0.39 is 0 Å². The summed E-state index contributed by atoms with van der Waals surface area (Å²) in [5.74, 6) is 2.20. The van der Waals surface area contributed by atoms with E-state index in [9.17, 15) is 4.79 Å². The number of rotatable bonds is 4. The van der Waals surface area contributed by atoms with Crippen molar-refractivity contribution in [1.29, 1.82) is 0 Å². The smallest absolute Gasteiger partial charge is 0.255 e. The Kier molecular flexibility index (Phi) is 4.39. The van der Waals surface area contributed by atoms with E-state index in [1.54, 1.807) is 18.2 Å². The Morgan fingerprint density at radius 3 is 2.63 bits per heavy atom. The molecule has 3 heterocycles. The number of amides is 1. The summed E-state index contributed by atoms with van der Waals surface area (Å²) < 4.78 is 18.7. The monoisotopic (exact) mass is 366 g/mol. The molecule has 0 saturated heterocycles. The van der Waals surface area contributed by atoms with Gasteiger partial charge in [-0.05, 0) is 44.2 Å². The number of aryl methyl sites for hydroxylation is 1. The van der Waals surface area contributed by atoms with Crippen LogP contribution in [0.15, 0.2) is 47.1 Å². The Balaban J connectivity index is 1.64. The molecule has 0 atom stereocenters. The number of ether oxygens (including phenoxy) is 2. The van der Waals surface area contributed by atoms with Crippen LogP contribution < -0.4 is 9.47 Å². The molecule has 2 aromatic heterocycles. The van der Waals surface area contributed by atoms with Crippen molar-refractivity contribution in [3.05, 3.63) is 65.4 Å².